The van der Waals surface area contributed by atoms with Crippen LogP contribution in [0.1, 0.15) is 38.5 Å². The molecule has 0 N–H and O–H groups in total. The van der Waals surface area contributed by atoms with E-state index in [1.807, 2.05) is 0 Å². The average molecular weight is 270 g/mol. The number of alkyl halides is 3. The summed E-state index contributed by atoms with van der Waals surface area (Å²) in [5, 5.41) is 0. The summed E-state index contributed by atoms with van der Waals surface area (Å²) >= 11 is 0. The van der Waals surface area contributed by atoms with E-state index in [2.05, 4.69) is 0 Å². The van der Waals surface area contributed by atoms with E-state index < -0.39 is 21.9 Å². The van der Waals surface area contributed by atoms with Crippen LogP contribution in [0, 0.1) is 5.92 Å². The molecule has 1 rings (SSSR count). The second-order valence-corrected chi connectivity index (χ2v) is 7.41. The van der Waals surface area contributed by atoms with Gasteiger partial charge in [-0.2, -0.15) is 13.2 Å². The summed E-state index contributed by atoms with van der Waals surface area (Å²) in [5.74, 6) is 0.190. The molecule has 2 unspecified atom stereocenters. The van der Waals surface area contributed by atoms with E-state index in [0.717, 1.165) is 25.7 Å². The monoisotopic (exact) mass is 270 g/mol. The molecule has 17 heavy (non-hydrogen) atoms. The minimum Gasteiger partial charge on any atom is -0.400 e. The molecule has 0 aromatic carbocycles. The van der Waals surface area contributed by atoms with E-state index in [0.29, 0.717) is 5.54 Å². The van der Waals surface area contributed by atoms with E-state index in [4.69, 9.17) is 8.85 Å². The third kappa shape index (κ3) is 5.40. The Morgan fingerprint density at radius 2 is 1.82 bits per heavy atom. The Labute approximate surface area is 102 Å². The fourth-order valence-electron chi connectivity index (χ4n) is 2.69. The maximum Gasteiger partial charge on any atom is 0.389 e. The Bertz CT molecular complexity index is 219. The molecule has 6 heteroatoms. The maximum atomic E-state index is 12.2. The summed E-state index contributed by atoms with van der Waals surface area (Å²) in [4.78, 5) is 0. The topological polar surface area (TPSA) is 18.5 Å². The van der Waals surface area contributed by atoms with E-state index in [-0.39, 0.29) is 12.3 Å². The Balaban J connectivity index is 2.38. The van der Waals surface area contributed by atoms with Gasteiger partial charge in [0.15, 0.2) is 0 Å². The largest absolute Gasteiger partial charge is 0.400 e. The lowest BCUT2D eigenvalue weighted by atomic mass is 9.85. The fraction of sp³-hybridized carbons (Fsp3) is 1.00. The van der Waals surface area contributed by atoms with Crippen LogP contribution < -0.4 is 0 Å². The Hall–Kier alpha value is -0.0731. The van der Waals surface area contributed by atoms with Crippen LogP contribution in [-0.4, -0.2) is 29.7 Å². The summed E-state index contributed by atoms with van der Waals surface area (Å²) in [5.41, 5.74) is 0.372. The van der Waals surface area contributed by atoms with Gasteiger partial charge in [-0.1, -0.05) is 12.8 Å². The molecule has 0 spiro atoms. The van der Waals surface area contributed by atoms with Crippen molar-refractivity contribution in [1.29, 1.82) is 0 Å². The van der Waals surface area contributed by atoms with Crippen molar-refractivity contribution in [3.05, 3.63) is 0 Å². The van der Waals surface area contributed by atoms with Crippen LogP contribution in [0.3, 0.4) is 0 Å². The first-order chi connectivity index (χ1) is 7.96. The normalized spacial score (nSPS) is 26.5. The van der Waals surface area contributed by atoms with Gasteiger partial charge in [-0.15, -0.1) is 0 Å². The first-order valence-corrected chi connectivity index (χ1v) is 7.69. The molecule has 102 valence electrons. The van der Waals surface area contributed by atoms with Crippen molar-refractivity contribution in [2.24, 2.45) is 5.92 Å². The highest BCUT2D eigenvalue weighted by Crippen LogP contribution is 2.39. The first kappa shape index (κ1) is 15.0. The minimum atomic E-state index is -4.02. The number of halogens is 3. The average Bonchev–Trinajstić information content (AvgIpc) is 2.28. The first-order valence-electron chi connectivity index (χ1n) is 6.08. The predicted octanol–water partition coefficient (Wildman–Crippen LogP) is 3.40. The fourth-order valence-corrected chi connectivity index (χ4v) is 4.77. The highest BCUT2D eigenvalue weighted by Gasteiger charge is 2.33. The number of hydrogen-bond acceptors (Lipinski definition) is 2. The summed E-state index contributed by atoms with van der Waals surface area (Å²) < 4.78 is 47.1. The van der Waals surface area contributed by atoms with Crippen LogP contribution in [0.4, 0.5) is 13.2 Å². The second-order valence-electron chi connectivity index (χ2n) is 4.79. The predicted molar refractivity (Wildman–Crippen MR) is 62.2 cm³/mol. The third-order valence-electron chi connectivity index (χ3n) is 3.51. The maximum absolute atomic E-state index is 12.2. The van der Waals surface area contributed by atoms with Gasteiger partial charge in [0.05, 0.1) is 0 Å². The van der Waals surface area contributed by atoms with E-state index in [1.54, 1.807) is 14.2 Å². The molecule has 0 heterocycles. The Morgan fingerprint density at radius 1 is 1.18 bits per heavy atom. The van der Waals surface area contributed by atoms with Gasteiger partial charge >= 0.3 is 15.5 Å². The van der Waals surface area contributed by atoms with Gasteiger partial charge in [0.25, 0.3) is 0 Å². The van der Waals surface area contributed by atoms with Crippen LogP contribution >= 0.6 is 0 Å². The minimum absolute atomic E-state index is 0.190. The molecule has 0 radical (unpaired) electrons. The van der Waals surface area contributed by atoms with E-state index in [1.165, 1.54) is 0 Å². The molecule has 0 saturated heterocycles. The van der Waals surface area contributed by atoms with Gasteiger partial charge in [0.2, 0.25) is 0 Å². The zero-order chi connectivity index (χ0) is 12.9. The van der Waals surface area contributed by atoms with Crippen molar-refractivity contribution >= 4 is 9.28 Å². The molecule has 1 saturated carbocycles. The third-order valence-corrected chi connectivity index (χ3v) is 5.81. The molecular weight excluding hydrogens is 249 g/mol. The van der Waals surface area contributed by atoms with Gasteiger partial charge in [0, 0.05) is 26.2 Å². The van der Waals surface area contributed by atoms with Crippen molar-refractivity contribution in [2.75, 3.05) is 14.2 Å². The molecule has 1 aliphatic carbocycles. The second kappa shape index (κ2) is 6.75. The zero-order valence-corrected chi connectivity index (χ0v) is 11.6. The van der Waals surface area contributed by atoms with Gasteiger partial charge in [0.1, 0.15) is 0 Å². The summed E-state index contributed by atoms with van der Waals surface area (Å²) in [6.07, 6.45) is -0.613. The molecule has 1 fully saturated rings. The van der Waals surface area contributed by atoms with Crippen molar-refractivity contribution in [3.8, 4) is 0 Å². The molecule has 0 aromatic rings. The van der Waals surface area contributed by atoms with Crippen LogP contribution in [0.15, 0.2) is 0 Å². The highest BCUT2D eigenvalue weighted by atomic mass is 28.3. The summed E-state index contributed by atoms with van der Waals surface area (Å²) in [6, 6.07) is 0. The van der Waals surface area contributed by atoms with Crippen molar-refractivity contribution in [2.45, 2.75) is 50.2 Å². The molecule has 0 bridgehead atoms. The number of hydrogen-bond donors (Lipinski definition) is 0. The zero-order valence-electron chi connectivity index (χ0n) is 10.4. The Kier molecular flexibility index (Phi) is 5.95. The molecule has 2 atom stereocenters. The molecule has 0 aromatic heterocycles. The van der Waals surface area contributed by atoms with Gasteiger partial charge in [-0.3, -0.25) is 0 Å². The highest BCUT2D eigenvalue weighted by molar-refractivity contribution is 6.46. The van der Waals surface area contributed by atoms with Crippen molar-refractivity contribution in [1.82, 2.24) is 0 Å². The molecule has 0 aliphatic heterocycles. The van der Waals surface area contributed by atoms with Crippen LogP contribution in [0.2, 0.25) is 5.54 Å². The molecule has 2 nitrogen and oxygen atoms in total. The quantitative estimate of drug-likeness (QED) is 0.713. The van der Waals surface area contributed by atoms with Gasteiger partial charge in [-0.25, -0.2) is 0 Å². The van der Waals surface area contributed by atoms with Gasteiger partial charge < -0.3 is 8.85 Å². The lowest BCUT2D eigenvalue weighted by Gasteiger charge is -2.32. The standard InChI is InChI=1S/C11H21F3O2Si/c1-15-17(16-2)10-5-3-4-9(8-10)6-7-11(12,13)14/h9-10,17H,3-8H2,1-2H3. The Morgan fingerprint density at radius 3 is 2.35 bits per heavy atom. The summed E-state index contributed by atoms with van der Waals surface area (Å²) in [6.45, 7) is 0. The molecular formula is C11H21F3O2Si. The van der Waals surface area contributed by atoms with Crippen LogP contribution in [-0.2, 0) is 8.85 Å². The SMILES string of the molecule is CO[SiH](OC)C1CCCC(CCC(F)(F)F)C1. The van der Waals surface area contributed by atoms with Crippen LogP contribution in [0.25, 0.3) is 0 Å². The summed E-state index contributed by atoms with van der Waals surface area (Å²) in [7, 11) is 1.62. The lowest BCUT2D eigenvalue weighted by molar-refractivity contribution is -0.138. The van der Waals surface area contributed by atoms with E-state index in [9.17, 15) is 13.2 Å². The number of rotatable bonds is 5. The van der Waals surface area contributed by atoms with E-state index >= 15 is 0 Å². The smallest absolute Gasteiger partial charge is 0.389 e. The molecule has 0 amide bonds. The van der Waals surface area contributed by atoms with Crippen LogP contribution in [0.5, 0.6) is 0 Å². The lowest BCUT2D eigenvalue weighted by Crippen LogP contribution is -2.30. The van der Waals surface area contributed by atoms with Crippen molar-refractivity contribution < 1.29 is 22.0 Å². The van der Waals surface area contributed by atoms with Gasteiger partial charge in [-0.05, 0) is 25.2 Å². The van der Waals surface area contributed by atoms with Crippen molar-refractivity contribution in [3.63, 3.8) is 0 Å². The molecule has 1 aliphatic rings.